The van der Waals surface area contributed by atoms with Gasteiger partial charge in [-0.2, -0.15) is 0 Å². The standard InChI is InChI=1S/C35H19N3O/c1-2-9-21-18-29-25(16-20(21)8-1)26-17-22(23-11-7-15-32-33(23)24-10-3-6-14-31(24)39-32)19-30-34(26)38(29)35-36-27-12-4-5-13-28(27)37(30)35/h1-19H. The Morgan fingerprint density at radius 1 is 0.538 bits per heavy atom. The summed E-state index contributed by atoms with van der Waals surface area (Å²) in [5.41, 5.74) is 9.85. The van der Waals surface area contributed by atoms with Crippen LogP contribution in [0.5, 0.6) is 0 Å². The first-order valence-corrected chi connectivity index (χ1v) is 13.2. The van der Waals surface area contributed by atoms with Crippen LogP contribution in [0.4, 0.5) is 0 Å². The van der Waals surface area contributed by atoms with E-state index in [1.165, 1.54) is 43.7 Å². The number of imidazole rings is 2. The predicted molar refractivity (Wildman–Crippen MR) is 160 cm³/mol. The summed E-state index contributed by atoms with van der Waals surface area (Å²) < 4.78 is 10.9. The van der Waals surface area contributed by atoms with E-state index in [1.54, 1.807) is 0 Å². The summed E-state index contributed by atoms with van der Waals surface area (Å²) in [5, 5.41) is 7.25. The van der Waals surface area contributed by atoms with Gasteiger partial charge in [-0.15, -0.1) is 0 Å². The smallest absolute Gasteiger partial charge is 0.220 e. The minimum absolute atomic E-state index is 0.910. The van der Waals surface area contributed by atoms with E-state index in [0.717, 1.165) is 44.3 Å². The van der Waals surface area contributed by atoms with Crippen LogP contribution in [0.3, 0.4) is 0 Å². The molecule has 4 nitrogen and oxygen atoms in total. The molecule has 0 atom stereocenters. The maximum atomic E-state index is 6.25. The van der Waals surface area contributed by atoms with Crippen molar-refractivity contribution in [3.05, 3.63) is 115 Å². The molecule has 0 amide bonds. The minimum atomic E-state index is 0.910. The molecule has 4 aromatic heterocycles. The third-order valence-electron chi connectivity index (χ3n) is 8.41. The Morgan fingerprint density at radius 3 is 2.28 bits per heavy atom. The number of furan rings is 1. The molecule has 0 radical (unpaired) electrons. The average Bonchev–Trinajstić information content (AvgIpc) is 3.71. The molecule has 4 heterocycles. The summed E-state index contributed by atoms with van der Waals surface area (Å²) in [5.74, 6) is 0.950. The highest BCUT2D eigenvalue weighted by molar-refractivity contribution is 6.21. The van der Waals surface area contributed by atoms with Crippen molar-refractivity contribution in [1.82, 2.24) is 13.8 Å². The summed E-state index contributed by atoms with van der Waals surface area (Å²) >= 11 is 0. The van der Waals surface area contributed by atoms with Gasteiger partial charge in [-0.3, -0.25) is 8.80 Å². The SMILES string of the molecule is c1ccc2cc3c(cc2c1)c1cc(-c2cccc4oc5ccccc5c24)cc2c1n3c1nc3ccccc3n21. The Morgan fingerprint density at radius 2 is 1.33 bits per heavy atom. The third kappa shape index (κ3) is 2.37. The highest BCUT2D eigenvalue weighted by Crippen LogP contribution is 2.43. The van der Waals surface area contributed by atoms with E-state index in [-0.39, 0.29) is 0 Å². The van der Waals surface area contributed by atoms with Crippen molar-refractivity contribution in [3.63, 3.8) is 0 Å². The fourth-order valence-electron chi connectivity index (χ4n) is 6.76. The molecule has 0 aliphatic rings. The van der Waals surface area contributed by atoms with E-state index in [1.807, 2.05) is 12.1 Å². The van der Waals surface area contributed by atoms with E-state index >= 15 is 0 Å². The van der Waals surface area contributed by atoms with Crippen molar-refractivity contribution in [1.29, 1.82) is 0 Å². The molecule has 0 N–H and O–H groups in total. The van der Waals surface area contributed by atoms with Crippen molar-refractivity contribution < 1.29 is 4.42 Å². The molecular weight excluding hydrogens is 478 g/mol. The van der Waals surface area contributed by atoms with Gasteiger partial charge in [-0.05, 0) is 70.4 Å². The van der Waals surface area contributed by atoms with Crippen molar-refractivity contribution >= 4 is 76.8 Å². The Hall–Kier alpha value is -5.35. The second kappa shape index (κ2) is 6.74. The Balaban J connectivity index is 1.45. The third-order valence-corrected chi connectivity index (χ3v) is 8.41. The molecule has 39 heavy (non-hydrogen) atoms. The summed E-state index contributed by atoms with van der Waals surface area (Å²) in [6.45, 7) is 0. The highest BCUT2D eigenvalue weighted by Gasteiger charge is 2.23. The maximum absolute atomic E-state index is 6.25. The first-order chi connectivity index (χ1) is 19.3. The van der Waals surface area contributed by atoms with Gasteiger partial charge in [0.25, 0.3) is 0 Å². The average molecular weight is 498 g/mol. The Kier molecular flexibility index (Phi) is 3.41. The van der Waals surface area contributed by atoms with Crippen LogP contribution in [0.2, 0.25) is 0 Å². The highest BCUT2D eigenvalue weighted by atomic mass is 16.3. The van der Waals surface area contributed by atoms with Gasteiger partial charge in [0.05, 0.1) is 27.6 Å². The van der Waals surface area contributed by atoms with Gasteiger partial charge in [-0.25, -0.2) is 4.98 Å². The molecule has 0 saturated heterocycles. The van der Waals surface area contributed by atoms with Crippen molar-refractivity contribution in [2.24, 2.45) is 0 Å². The quantitative estimate of drug-likeness (QED) is 0.227. The van der Waals surface area contributed by atoms with E-state index in [2.05, 4.69) is 112 Å². The summed E-state index contributed by atoms with van der Waals surface area (Å²) in [4.78, 5) is 5.13. The zero-order valence-corrected chi connectivity index (χ0v) is 20.7. The lowest BCUT2D eigenvalue weighted by atomic mass is 9.97. The zero-order chi connectivity index (χ0) is 25.2. The van der Waals surface area contributed by atoms with Crippen LogP contribution in [-0.2, 0) is 0 Å². The number of hydrogen-bond acceptors (Lipinski definition) is 2. The summed E-state index contributed by atoms with van der Waals surface area (Å²) in [6, 6.07) is 41.1. The lowest BCUT2D eigenvalue weighted by molar-refractivity contribution is 0.669. The predicted octanol–water partition coefficient (Wildman–Crippen LogP) is 9.20. The lowest BCUT2D eigenvalue weighted by Crippen LogP contribution is -1.85. The van der Waals surface area contributed by atoms with Crippen LogP contribution in [-0.4, -0.2) is 13.8 Å². The molecule has 0 bridgehead atoms. The molecule has 0 aliphatic carbocycles. The number of benzene rings is 6. The van der Waals surface area contributed by atoms with Crippen LogP contribution < -0.4 is 0 Å². The van der Waals surface area contributed by atoms with Gasteiger partial charge < -0.3 is 4.42 Å². The van der Waals surface area contributed by atoms with Crippen LogP contribution in [0.25, 0.3) is 88.0 Å². The molecule has 0 fully saturated rings. The fraction of sp³-hybridized carbons (Fsp3) is 0. The summed E-state index contributed by atoms with van der Waals surface area (Å²) in [7, 11) is 0. The van der Waals surface area contributed by atoms with Gasteiger partial charge in [-0.1, -0.05) is 66.7 Å². The number of nitrogens with zero attached hydrogens (tertiary/aromatic N) is 3. The number of aromatic nitrogens is 3. The van der Waals surface area contributed by atoms with Crippen molar-refractivity contribution in [2.45, 2.75) is 0 Å². The van der Waals surface area contributed by atoms with Crippen LogP contribution in [0, 0.1) is 0 Å². The first-order valence-electron chi connectivity index (χ1n) is 13.2. The van der Waals surface area contributed by atoms with E-state index in [9.17, 15) is 0 Å². The molecule has 4 heteroatoms. The Bertz CT molecular complexity index is 2610. The van der Waals surface area contributed by atoms with Crippen molar-refractivity contribution in [2.75, 3.05) is 0 Å². The largest absolute Gasteiger partial charge is 0.456 e. The van der Waals surface area contributed by atoms with Gasteiger partial charge in [0, 0.05) is 21.5 Å². The molecule has 0 unspecified atom stereocenters. The van der Waals surface area contributed by atoms with Crippen molar-refractivity contribution in [3.8, 4) is 11.1 Å². The molecule has 10 aromatic rings. The van der Waals surface area contributed by atoms with E-state index < -0.39 is 0 Å². The number of hydrogen-bond donors (Lipinski definition) is 0. The van der Waals surface area contributed by atoms with E-state index in [0.29, 0.717) is 0 Å². The lowest BCUT2D eigenvalue weighted by Gasteiger charge is -2.07. The van der Waals surface area contributed by atoms with Crippen LogP contribution in [0.15, 0.2) is 120 Å². The topological polar surface area (TPSA) is 34.9 Å². The molecule has 0 saturated carbocycles. The van der Waals surface area contributed by atoms with Gasteiger partial charge in [0.1, 0.15) is 11.2 Å². The van der Waals surface area contributed by atoms with Gasteiger partial charge >= 0.3 is 0 Å². The number of rotatable bonds is 1. The second-order valence-corrected chi connectivity index (χ2v) is 10.5. The van der Waals surface area contributed by atoms with E-state index in [4.69, 9.17) is 9.40 Å². The van der Waals surface area contributed by atoms with Gasteiger partial charge in [0.15, 0.2) is 0 Å². The zero-order valence-electron chi connectivity index (χ0n) is 20.7. The van der Waals surface area contributed by atoms with Gasteiger partial charge in [0.2, 0.25) is 5.78 Å². The monoisotopic (exact) mass is 497 g/mol. The molecule has 6 aromatic carbocycles. The maximum Gasteiger partial charge on any atom is 0.220 e. The number of para-hydroxylation sites is 3. The molecule has 0 spiro atoms. The normalized spacial score (nSPS) is 12.6. The molecule has 0 aliphatic heterocycles. The molecule has 180 valence electrons. The Labute approximate surface area is 221 Å². The summed E-state index contributed by atoms with van der Waals surface area (Å²) in [6.07, 6.45) is 0. The fourth-order valence-corrected chi connectivity index (χ4v) is 6.76. The first kappa shape index (κ1) is 19.7. The minimum Gasteiger partial charge on any atom is -0.456 e. The molecule has 10 rings (SSSR count). The number of fused-ring (bicyclic) bond motifs is 12. The van der Waals surface area contributed by atoms with Crippen LogP contribution in [0.1, 0.15) is 0 Å². The second-order valence-electron chi connectivity index (χ2n) is 10.5. The molecular formula is C35H19N3O. The van der Waals surface area contributed by atoms with Crippen LogP contribution >= 0.6 is 0 Å².